The van der Waals surface area contributed by atoms with Gasteiger partial charge in [0, 0.05) is 44.2 Å². The molecule has 1 aliphatic heterocycles. The monoisotopic (exact) mass is 642 g/mol. The van der Waals surface area contributed by atoms with E-state index in [9.17, 15) is 31.5 Å². The van der Waals surface area contributed by atoms with Crippen molar-refractivity contribution in [3.8, 4) is 10.6 Å². The zero-order chi connectivity index (χ0) is 27.3. The third-order valence-electron chi connectivity index (χ3n) is 7.24. The van der Waals surface area contributed by atoms with E-state index in [1.807, 2.05) is 13.1 Å². The van der Waals surface area contributed by atoms with Crippen molar-refractivity contribution in [1.82, 2.24) is 19.7 Å². The van der Waals surface area contributed by atoms with Gasteiger partial charge in [0.2, 0.25) is 5.76 Å². The molecule has 0 amide bonds. The molecular formula is C24H27Cl2F3N4O5S2. The van der Waals surface area contributed by atoms with Gasteiger partial charge in [0.15, 0.2) is 0 Å². The van der Waals surface area contributed by atoms with Crippen LogP contribution in [0.3, 0.4) is 0 Å². The number of piperazine rings is 1. The molecule has 2 N–H and O–H groups in total. The van der Waals surface area contributed by atoms with Crippen molar-refractivity contribution in [2.45, 2.75) is 27.8 Å². The van der Waals surface area contributed by atoms with Crippen molar-refractivity contribution in [1.29, 1.82) is 0 Å². The molecule has 3 aromatic rings. The summed E-state index contributed by atoms with van der Waals surface area (Å²) in [6.45, 7) is 3.42. The summed E-state index contributed by atoms with van der Waals surface area (Å²) < 4.78 is 72.1. The van der Waals surface area contributed by atoms with E-state index < -0.39 is 38.9 Å². The molecule has 0 spiro atoms. The Kier molecular flexibility index (Phi) is 9.36. The first kappa shape index (κ1) is 32.3. The maximum atomic E-state index is 13.4. The second kappa shape index (κ2) is 11.6. The zero-order valence-corrected chi connectivity index (χ0v) is 24.3. The molecule has 2 unspecified atom stereocenters. The number of carboxylic acids is 1. The fraction of sp³-hybridized carbons (Fsp3) is 0.417. The summed E-state index contributed by atoms with van der Waals surface area (Å²) in [4.78, 5) is 17.2. The summed E-state index contributed by atoms with van der Waals surface area (Å²) in [6.07, 6.45) is -4.68. The molecular weight excluding hydrogens is 616 g/mol. The highest BCUT2D eigenvalue weighted by atomic mass is 35.5. The maximum absolute atomic E-state index is 13.4. The van der Waals surface area contributed by atoms with E-state index in [1.54, 1.807) is 24.3 Å². The number of hydrogen-bond donors (Lipinski definition) is 2. The van der Waals surface area contributed by atoms with Crippen molar-refractivity contribution < 1.29 is 36.0 Å². The number of hydrogen-bond acceptors (Lipinski definition) is 8. The predicted octanol–water partition coefficient (Wildman–Crippen LogP) is 3.96. The van der Waals surface area contributed by atoms with Gasteiger partial charge in [-0.2, -0.15) is 17.9 Å². The van der Waals surface area contributed by atoms with Crippen molar-refractivity contribution >= 4 is 52.1 Å². The number of thiophene rings is 1. The lowest BCUT2D eigenvalue weighted by Gasteiger charge is -2.36. The topological polar surface area (TPSA) is 116 Å². The molecule has 16 heteroatoms. The first-order chi connectivity index (χ1) is 17.9. The largest absolute Gasteiger partial charge is 0.480 e. The summed E-state index contributed by atoms with van der Waals surface area (Å²) >= 11 is 0.680. The van der Waals surface area contributed by atoms with Gasteiger partial charge in [-0.25, -0.2) is 8.42 Å². The van der Waals surface area contributed by atoms with Gasteiger partial charge in [0.25, 0.3) is 10.0 Å². The van der Waals surface area contributed by atoms with Gasteiger partial charge in [-0.05, 0) is 31.2 Å². The second-order valence-electron chi connectivity index (χ2n) is 9.71. The van der Waals surface area contributed by atoms with Crippen LogP contribution in [-0.4, -0.2) is 79.8 Å². The summed E-state index contributed by atoms with van der Waals surface area (Å²) in [5.74, 6) is -2.59. The highest BCUT2D eigenvalue weighted by molar-refractivity contribution is 7.91. The number of aliphatic carboxylic acids is 1. The summed E-state index contributed by atoms with van der Waals surface area (Å²) in [5.41, 5.74) is -2.25. The van der Waals surface area contributed by atoms with Crippen LogP contribution in [0.1, 0.15) is 17.7 Å². The number of likely N-dealkylation sites (N-methyl/N-ethyl adjacent to an activating group) is 1. The average molecular weight is 644 g/mol. The normalized spacial score (nSPS) is 23.7. The van der Waals surface area contributed by atoms with Crippen molar-refractivity contribution in [3.05, 3.63) is 59.9 Å². The Bertz CT molecular complexity index is 1450. The van der Waals surface area contributed by atoms with E-state index >= 15 is 0 Å². The van der Waals surface area contributed by atoms with E-state index in [2.05, 4.69) is 24.2 Å². The molecule has 1 aliphatic carbocycles. The van der Waals surface area contributed by atoms with Crippen molar-refractivity contribution in [2.24, 2.45) is 0 Å². The Labute approximate surface area is 245 Å². The summed E-state index contributed by atoms with van der Waals surface area (Å²) in [6, 6.07) is 12.2. The minimum atomic E-state index is -4.73. The van der Waals surface area contributed by atoms with Crippen LogP contribution in [0.4, 0.5) is 13.2 Å². The third-order valence-corrected chi connectivity index (χ3v) is 10.3. The lowest BCUT2D eigenvalue weighted by Crippen LogP contribution is -2.54. The van der Waals surface area contributed by atoms with E-state index in [4.69, 9.17) is 0 Å². The van der Waals surface area contributed by atoms with Gasteiger partial charge in [0.1, 0.15) is 15.4 Å². The lowest BCUT2D eigenvalue weighted by atomic mass is 9.89. The lowest BCUT2D eigenvalue weighted by molar-refractivity contribution is -0.155. The number of aromatic nitrogens is 1. The van der Waals surface area contributed by atoms with Crippen molar-refractivity contribution in [3.63, 3.8) is 0 Å². The molecule has 1 aromatic carbocycles. The Morgan fingerprint density at radius 2 is 1.77 bits per heavy atom. The van der Waals surface area contributed by atoms with Crippen LogP contribution in [0, 0.1) is 0 Å². The van der Waals surface area contributed by atoms with Gasteiger partial charge in [-0.15, -0.1) is 36.2 Å². The quantitative estimate of drug-likeness (QED) is 0.379. The molecule has 9 nitrogen and oxygen atoms in total. The number of halogens is 5. The summed E-state index contributed by atoms with van der Waals surface area (Å²) in [7, 11) is -2.35. The fourth-order valence-corrected chi connectivity index (χ4v) is 7.73. The van der Waals surface area contributed by atoms with Gasteiger partial charge in [-0.3, -0.25) is 9.69 Å². The molecule has 1 saturated heterocycles. The number of nitrogens with zero attached hydrogens (tertiary/aromatic N) is 3. The number of alkyl halides is 3. The molecule has 0 radical (unpaired) electrons. The van der Waals surface area contributed by atoms with Crippen molar-refractivity contribution in [2.75, 3.05) is 39.8 Å². The second-order valence-corrected chi connectivity index (χ2v) is 12.7. The van der Waals surface area contributed by atoms with Gasteiger partial charge in [0.05, 0.1) is 4.88 Å². The van der Waals surface area contributed by atoms with Gasteiger partial charge < -0.3 is 14.5 Å². The predicted molar refractivity (Wildman–Crippen MR) is 147 cm³/mol. The smallest absolute Gasteiger partial charge is 0.452 e. The zero-order valence-electron chi connectivity index (χ0n) is 21.1. The van der Waals surface area contributed by atoms with Crippen LogP contribution in [0.5, 0.6) is 0 Å². The van der Waals surface area contributed by atoms with Crippen LogP contribution in [0.25, 0.3) is 10.6 Å². The Morgan fingerprint density at radius 3 is 2.35 bits per heavy atom. The van der Waals surface area contributed by atoms with Crippen LogP contribution in [-0.2, 0) is 26.4 Å². The molecule has 2 aromatic heterocycles. The fourth-order valence-electron chi connectivity index (χ4n) is 5.05. The number of rotatable bonds is 8. The van der Waals surface area contributed by atoms with E-state index in [-0.39, 0.29) is 46.0 Å². The van der Waals surface area contributed by atoms with Crippen LogP contribution in [0.2, 0.25) is 0 Å². The molecule has 2 fully saturated rings. The molecule has 2 aliphatic rings. The molecule has 0 bridgehead atoms. The Morgan fingerprint density at radius 1 is 1.12 bits per heavy atom. The number of carboxylic acid groups (broad SMARTS) is 1. The standard InChI is InChI=1S/C24H25F3N4O5S2.2ClH/c1-30-9-11-31(12-10-30)15-22(16-5-3-2-4-6-16)14-23(22,21(32)33)29-38(34,35)20-8-7-18(37-20)17-13-19(36-28-17)24(25,26)27;;/h2-8,13,29H,9-12,14-15H2,1H3,(H,32,33);2*1H. The molecule has 220 valence electrons. The van der Waals surface area contributed by atoms with Gasteiger partial charge >= 0.3 is 12.1 Å². The molecule has 5 rings (SSSR count). The van der Waals surface area contributed by atoms with Crippen LogP contribution >= 0.6 is 36.2 Å². The van der Waals surface area contributed by atoms with Gasteiger partial charge in [-0.1, -0.05) is 35.5 Å². The Hall–Kier alpha value is -2.20. The van der Waals surface area contributed by atoms with E-state index in [0.717, 1.165) is 31.7 Å². The number of benzene rings is 1. The molecule has 1 saturated carbocycles. The minimum absolute atomic E-state index is 0. The highest BCUT2D eigenvalue weighted by Gasteiger charge is 2.75. The minimum Gasteiger partial charge on any atom is -0.480 e. The first-order valence-corrected chi connectivity index (χ1v) is 14.0. The van der Waals surface area contributed by atoms with E-state index in [0.29, 0.717) is 23.9 Å². The Balaban J connectivity index is 0.00000220. The molecule has 40 heavy (non-hydrogen) atoms. The summed E-state index contributed by atoms with van der Waals surface area (Å²) in [5, 5.41) is 13.8. The number of sulfonamides is 1. The molecule has 3 heterocycles. The van der Waals surface area contributed by atoms with Crippen LogP contribution in [0.15, 0.2) is 57.3 Å². The van der Waals surface area contributed by atoms with E-state index in [1.165, 1.54) is 12.1 Å². The SMILES string of the molecule is CN1CCN(CC2(c3ccccc3)CC2(NS(=O)(=O)c2ccc(-c3cc(C(F)(F)F)on3)s2)C(=O)O)CC1.Cl.Cl. The number of nitrogens with one attached hydrogen (secondary N) is 1. The average Bonchev–Trinajstić information content (AvgIpc) is 3.24. The number of carbonyl (C=O) groups is 1. The first-order valence-electron chi connectivity index (χ1n) is 11.7. The maximum Gasteiger partial charge on any atom is 0.452 e. The van der Waals surface area contributed by atoms with Crippen LogP contribution < -0.4 is 4.72 Å². The molecule has 2 atom stereocenters. The highest BCUT2D eigenvalue weighted by Crippen LogP contribution is 2.59. The third kappa shape index (κ3) is 5.89.